The summed E-state index contributed by atoms with van der Waals surface area (Å²) in [5, 5.41) is 0. The summed E-state index contributed by atoms with van der Waals surface area (Å²) in [6.07, 6.45) is 0. The third-order valence-electron chi connectivity index (χ3n) is 6.53. The van der Waals surface area contributed by atoms with E-state index in [1.54, 1.807) is 12.1 Å². The number of nitrogens with two attached hydrogens (primary N) is 2. The van der Waals surface area contributed by atoms with Crippen molar-refractivity contribution in [1.82, 2.24) is 0 Å². The molecule has 0 atom stereocenters. The van der Waals surface area contributed by atoms with Crippen molar-refractivity contribution in [2.45, 2.75) is 0 Å². The van der Waals surface area contributed by atoms with Gasteiger partial charge in [-0.15, -0.1) is 0 Å². The van der Waals surface area contributed by atoms with Crippen LogP contribution in [0.3, 0.4) is 0 Å². The smallest absolute Gasteiger partial charge is 0.142 e. The maximum absolute atomic E-state index is 5.82. The monoisotopic (exact) mass is 728 g/mol. The highest BCUT2D eigenvalue weighted by Crippen LogP contribution is 2.20. The summed E-state index contributed by atoms with van der Waals surface area (Å²) in [6, 6.07) is 14.7. The van der Waals surface area contributed by atoms with Crippen molar-refractivity contribution < 1.29 is 61.6 Å². The second-order valence-electron chi connectivity index (χ2n) is 10.5. The maximum Gasteiger partial charge on any atom is 0.142 e. The first-order valence-electron chi connectivity index (χ1n) is 17.6. The average Bonchev–Trinajstić information content (AvgIpc) is 3.14. The fourth-order valence-corrected chi connectivity index (χ4v) is 3.95. The lowest BCUT2D eigenvalue weighted by molar-refractivity contribution is -0.0279. The van der Waals surface area contributed by atoms with E-state index in [9.17, 15) is 0 Å². The average molecular weight is 729 g/mol. The number of benzene rings is 2. The van der Waals surface area contributed by atoms with E-state index < -0.39 is 0 Å². The first-order valence-corrected chi connectivity index (χ1v) is 17.6. The van der Waals surface area contributed by atoms with Gasteiger partial charge in [0.05, 0.1) is 157 Å². The van der Waals surface area contributed by atoms with Crippen molar-refractivity contribution in [3.63, 3.8) is 0 Å². The molecule has 2 aromatic rings. The second-order valence-corrected chi connectivity index (χ2v) is 10.5. The number of hydrogen-bond donors (Lipinski definition) is 2. The molecule has 0 unspecified atom stereocenters. The summed E-state index contributed by atoms with van der Waals surface area (Å²) in [4.78, 5) is 0. The van der Waals surface area contributed by atoms with E-state index in [4.69, 9.17) is 73.0 Å². The number of hydrogen-bond acceptors (Lipinski definition) is 15. The van der Waals surface area contributed by atoms with Crippen LogP contribution in [0.5, 0.6) is 11.5 Å². The molecule has 0 saturated carbocycles. The third kappa shape index (κ3) is 27.5. The van der Waals surface area contributed by atoms with E-state index in [-0.39, 0.29) is 0 Å². The molecule has 51 heavy (non-hydrogen) atoms. The molecule has 0 aliphatic carbocycles. The van der Waals surface area contributed by atoms with Crippen molar-refractivity contribution in [3.8, 4) is 11.5 Å². The lowest BCUT2D eigenvalue weighted by Gasteiger charge is -2.10. The van der Waals surface area contributed by atoms with Gasteiger partial charge in [0.2, 0.25) is 0 Å². The molecule has 4 N–H and O–H groups in total. The number of anilines is 2. The van der Waals surface area contributed by atoms with Gasteiger partial charge >= 0.3 is 0 Å². The minimum absolute atomic E-state index is 0.435. The molecule has 0 radical (unpaired) electrons. The van der Waals surface area contributed by atoms with Gasteiger partial charge in [0.15, 0.2) is 0 Å². The number of nitrogen functional groups attached to an aromatic ring is 2. The van der Waals surface area contributed by atoms with Crippen LogP contribution in [0.1, 0.15) is 0 Å². The van der Waals surface area contributed by atoms with Gasteiger partial charge in [-0.05, 0) is 24.3 Å². The standard InChI is InChI=1S/C36H60N2O13/c37-33-5-1-3-7-35(33)50-31-29-48-27-25-46-23-21-44-19-17-42-15-13-40-11-9-39-10-12-41-14-16-43-18-20-45-22-24-47-26-28-49-30-32-51-36-8-4-2-6-34(36)38/h1-8H,9-32,37-38H2. The molecule has 2 aromatic carbocycles. The SMILES string of the molecule is Nc1ccccc1OCCOCCOCCOCCOCCOCCOCCOCCOCCOCCOCCOCCOc1ccccc1N. The third-order valence-corrected chi connectivity index (χ3v) is 6.53. The molecule has 0 amide bonds. The quantitative estimate of drug-likeness (QED) is 0.0763. The summed E-state index contributed by atoms with van der Waals surface area (Å²) in [7, 11) is 0. The number of para-hydroxylation sites is 4. The predicted molar refractivity (Wildman–Crippen MR) is 192 cm³/mol. The van der Waals surface area contributed by atoms with Crippen molar-refractivity contribution >= 4 is 11.4 Å². The van der Waals surface area contributed by atoms with E-state index in [0.717, 1.165) is 0 Å². The molecule has 0 spiro atoms. The van der Waals surface area contributed by atoms with Crippen LogP contribution in [0.15, 0.2) is 48.5 Å². The van der Waals surface area contributed by atoms with Crippen LogP contribution in [-0.2, 0) is 52.1 Å². The number of rotatable bonds is 38. The normalized spacial score (nSPS) is 11.3. The van der Waals surface area contributed by atoms with Crippen LogP contribution in [0, 0.1) is 0 Å². The van der Waals surface area contributed by atoms with Crippen LogP contribution >= 0.6 is 0 Å². The van der Waals surface area contributed by atoms with E-state index >= 15 is 0 Å². The Morgan fingerprint density at radius 3 is 0.627 bits per heavy atom. The van der Waals surface area contributed by atoms with Gasteiger partial charge in [0.25, 0.3) is 0 Å². The molecule has 15 heteroatoms. The van der Waals surface area contributed by atoms with E-state index in [0.29, 0.717) is 181 Å². The first kappa shape index (κ1) is 44.4. The Bertz CT molecular complexity index is 961. The van der Waals surface area contributed by atoms with Gasteiger partial charge in [-0.1, -0.05) is 24.3 Å². The van der Waals surface area contributed by atoms with Crippen molar-refractivity contribution in [3.05, 3.63) is 48.5 Å². The van der Waals surface area contributed by atoms with Gasteiger partial charge in [0, 0.05) is 0 Å². The summed E-state index contributed by atoms with van der Waals surface area (Å²) in [5.74, 6) is 1.33. The fraction of sp³-hybridized carbons (Fsp3) is 0.667. The molecule has 292 valence electrons. The second kappa shape index (κ2) is 34.3. The van der Waals surface area contributed by atoms with Gasteiger partial charge in [-0.25, -0.2) is 0 Å². The number of ether oxygens (including phenoxy) is 13. The molecule has 15 nitrogen and oxygen atoms in total. The van der Waals surface area contributed by atoms with Crippen LogP contribution < -0.4 is 20.9 Å². The van der Waals surface area contributed by atoms with Crippen molar-refractivity contribution in [1.29, 1.82) is 0 Å². The molecule has 0 aromatic heterocycles. The van der Waals surface area contributed by atoms with Crippen LogP contribution in [0.2, 0.25) is 0 Å². The molecule has 0 heterocycles. The van der Waals surface area contributed by atoms with E-state index in [1.807, 2.05) is 36.4 Å². The Hall–Kier alpha value is -2.80. The summed E-state index contributed by atoms with van der Waals surface area (Å²) in [6.45, 7) is 11.8. The van der Waals surface area contributed by atoms with Crippen molar-refractivity contribution in [2.75, 3.05) is 170 Å². The Kier molecular flexibility index (Phi) is 29.8. The van der Waals surface area contributed by atoms with Gasteiger partial charge < -0.3 is 73.0 Å². The Morgan fingerprint density at radius 1 is 0.255 bits per heavy atom. The molecule has 2 rings (SSSR count). The zero-order valence-corrected chi connectivity index (χ0v) is 30.1. The van der Waals surface area contributed by atoms with Gasteiger partial charge in [-0.3, -0.25) is 0 Å². The largest absolute Gasteiger partial charge is 0.489 e. The summed E-state index contributed by atoms with van der Waals surface area (Å²) < 4.78 is 71.4. The molecule has 0 saturated heterocycles. The molecule has 0 aliphatic heterocycles. The molecule has 0 aliphatic rings. The predicted octanol–water partition coefficient (Wildman–Crippen LogP) is 2.49. The fourth-order valence-electron chi connectivity index (χ4n) is 3.95. The van der Waals surface area contributed by atoms with E-state index in [1.165, 1.54) is 0 Å². The van der Waals surface area contributed by atoms with Gasteiger partial charge in [-0.2, -0.15) is 0 Å². The van der Waals surface area contributed by atoms with Crippen LogP contribution in [-0.4, -0.2) is 159 Å². The minimum Gasteiger partial charge on any atom is -0.489 e. The highest BCUT2D eigenvalue weighted by atomic mass is 16.6. The highest BCUT2D eigenvalue weighted by molar-refractivity contribution is 5.52. The van der Waals surface area contributed by atoms with Crippen LogP contribution in [0.4, 0.5) is 11.4 Å². The Morgan fingerprint density at radius 2 is 0.431 bits per heavy atom. The highest BCUT2D eigenvalue weighted by Gasteiger charge is 2.00. The molecular formula is C36H60N2O13. The van der Waals surface area contributed by atoms with Crippen LogP contribution in [0.25, 0.3) is 0 Å². The lowest BCUT2D eigenvalue weighted by atomic mass is 10.3. The first-order chi connectivity index (χ1) is 25.3. The Labute approximate surface area is 302 Å². The summed E-state index contributed by atoms with van der Waals surface area (Å²) >= 11 is 0. The Balaban J connectivity index is 1.14. The zero-order valence-electron chi connectivity index (χ0n) is 30.1. The minimum atomic E-state index is 0.435. The van der Waals surface area contributed by atoms with Gasteiger partial charge in [0.1, 0.15) is 24.7 Å². The molecule has 0 fully saturated rings. The topological polar surface area (TPSA) is 172 Å². The van der Waals surface area contributed by atoms with E-state index in [2.05, 4.69) is 0 Å². The summed E-state index contributed by atoms with van der Waals surface area (Å²) in [5.41, 5.74) is 12.9. The maximum atomic E-state index is 5.82. The zero-order chi connectivity index (χ0) is 36.1. The lowest BCUT2D eigenvalue weighted by Crippen LogP contribution is -2.15. The molecular weight excluding hydrogens is 668 g/mol. The van der Waals surface area contributed by atoms with Crippen molar-refractivity contribution in [2.24, 2.45) is 0 Å². The molecule has 0 bridgehead atoms.